The molecule has 0 fully saturated rings. The SMILES string of the molecule is CCN(CC)C(=O)c1ccc(-c2cc(Cl)c3cnccc3n2)cc1.CCN(CC)C(=O)c1ccc(-c2cc(Nc3ccc(CN(C)C)cc3)c3cnccc3n2)cc1.CN(C)Cc1ccc(N)cc1. The number of rotatable bonds is 14. The first-order chi connectivity index (χ1) is 33.3. The molecule has 69 heavy (non-hydrogen) atoms. The summed E-state index contributed by atoms with van der Waals surface area (Å²) in [5.74, 6) is 0.0938. The number of nitrogens with one attached hydrogen (secondary N) is 1. The van der Waals surface area contributed by atoms with Crippen molar-refractivity contribution in [1.82, 2.24) is 39.5 Å². The van der Waals surface area contributed by atoms with E-state index in [2.05, 4.69) is 94.7 Å². The second kappa shape index (κ2) is 24.7. The van der Waals surface area contributed by atoms with Crippen LogP contribution in [0.4, 0.5) is 17.1 Å². The lowest BCUT2D eigenvalue weighted by Gasteiger charge is -2.18. The molecule has 13 heteroatoms. The molecule has 0 saturated carbocycles. The van der Waals surface area contributed by atoms with Crippen molar-refractivity contribution in [2.45, 2.75) is 40.8 Å². The van der Waals surface area contributed by atoms with Gasteiger partial charge in [-0.15, -0.1) is 0 Å². The van der Waals surface area contributed by atoms with Crippen LogP contribution >= 0.6 is 11.6 Å². The van der Waals surface area contributed by atoms with Gasteiger partial charge in [0.05, 0.1) is 33.1 Å². The summed E-state index contributed by atoms with van der Waals surface area (Å²) < 4.78 is 0. The normalized spacial score (nSPS) is 10.9. The monoisotopic (exact) mass is 942 g/mol. The lowest BCUT2D eigenvalue weighted by atomic mass is 10.1. The number of nitrogens with zero attached hydrogens (tertiary/aromatic N) is 8. The number of hydrogen-bond acceptors (Lipinski definition) is 10. The Morgan fingerprint density at radius 3 is 1.42 bits per heavy atom. The predicted octanol–water partition coefficient (Wildman–Crippen LogP) is 11.3. The number of nitrogen functional groups attached to an aromatic ring is 1. The number of hydrogen-bond donors (Lipinski definition) is 2. The lowest BCUT2D eigenvalue weighted by Crippen LogP contribution is -2.30. The van der Waals surface area contributed by atoms with Crippen LogP contribution in [0.25, 0.3) is 44.3 Å². The Balaban J connectivity index is 0.000000193. The Labute approximate surface area is 411 Å². The van der Waals surface area contributed by atoms with Crippen LogP contribution in [0, 0.1) is 0 Å². The first-order valence-corrected chi connectivity index (χ1v) is 23.6. The number of carbonyl (C=O) groups excluding carboxylic acids is 2. The number of halogens is 1. The second-order valence-corrected chi connectivity index (χ2v) is 17.4. The third-order valence-electron chi connectivity index (χ3n) is 11.3. The molecule has 3 N–H and O–H groups in total. The van der Waals surface area contributed by atoms with Gasteiger partial charge in [0.1, 0.15) is 0 Å². The standard InChI is InChI=1S/C28H31N5O.C19H18ClN3O.C9H14N2/c1-5-33(6-2)28(34)22-11-9-21(10-12-22)26-17-27(24-18-29-16-15-25(24)31-26)30-23-13-7-20(8-14-23)19-32(3)4;1-3-23(4-2)19(24)14-7-5-13(6-8-14)18-11-16(20)15-12-21-10-9-17(15)22-18;1-11(2)7-8-3-5-9(10)6-4-8/h7-18H,5-6,19H2,1-4H3,(H,30,31);5-12H,3-4H2,1-2H3;3-6H,7,10H2,1-2H3. The van der Waals surface area contributed by atoms with Gasteiger partial charge in [0, 0.05) is 108 Å². The van der Waals surface area contributed by atoms with E-state index in [1.807, 2.05) is 124 Å². The van der Waals surface area contributed by atoms with Crippen molar-refractivity contribution in [2.24, 2.45) is 0 Å². The summed E-state index contributed by atoms with van der Waals surface area (Å²) in [6.45, 7) is 12.6. The average Bonchev–Trinajstić information content (AvgIpc) is 3.36. The summed E-state index contributed by atoms with van der Waals surface area (Å²) in [6.07, 6.45) is 6.99. The molecule has 0 aliphatic rings. The molecular formula is C56H63ClN10O2. The fourth-order valence-electron chi connectivity index (χ4n) is 7.65. The molecule has 0 aliphatic carbocycles. The Bertz CT molecular complexity index is 2920. The van der Waals surface area contributed by atoms with Crippen molar-refractivity contribution in [3.63, 3.8) is 0 Å². The minimum atomic E-state index is 0.0436. The van der Waals surface area contributed by atoms with Gasteiger partial charge in [0.25, 0.3) is 11.8 Å². The number of benzene rings is 4. The molecule has 0 spiro atoms. The fourth-order valence-corrected chi connectivity index (χ4v) is 7.90. The van der Waals surface area contributed by atoms with Crippen LogP contribution in [0.5, 0.6) is 0 Å². The first-order valence-electron chi connectivity index (χ1n) is 23.2. The number of nitrogens with two attached hydrogens (primary N) is 1. The van der Waals surface area contributed by atoms with E-state index in [-0.39, 0.29) is 11.8 Å². The van der Waals surface area contributed by atoms with Crippen molar-refractivity contribution < 1.29 is 9.59 Å². The summed E-state index contributed by atoms with van der Waals surface area (Å²) >= 11 is 6.33. The van der Waals surface area contributed by atoms with E-state index in [1.165, 1.54) is 11.1 Å². The number of anilines is 3. The molecule has 4 aromatic carbocycles. The van der Waals surface area contributed by atoms with Gasteiger partial charge < -0.3 is 30.7 Å². The van der Waals surface area contributed by atoms with Gasteiger partial charge in [-0.1, -0.05) is 60.1 Å². The van der Waals surface area contributed by atoms with E-state index in [4.69, 9.17) is 22.3 Å². The van der Waals surface area contributed by atoms with Gasteiger partial charge in [-0.05, 0) is 140 Å². The van der Waals surface area contributed by atoms with Gasteiger partial charge >= 0.3 is 0 Å². The van der Waals surface area contributed by atoms with Gasteiger partial charge in [-0.2, -0.15) is 0 Å². The van der Waals surface area contributed by atoms with Gasteiger partial charge in [0.2, 0.25) is 0 Å². The number of carbonyl (C=O) groups is 2. The zero-order valence-corrected chi connectivity index (χ0v) is 41.7. The average molecular weight is 944 g/mol. The Hall–Kier alpha value is -7.25. The largest absolute Gasteiger partial charge is 0.399 e. The molecule has 12 nitrogen and oxygen atoms in total. The molecule has 0 bridgehead atoms. The number of pyridine rings is 4. The smallest absolute Gasteiger partial charge is 0.253 e. The van der Waals surface area contributed by atoms with Crippen LogP contribution in [0.15, 0.2) is 146 Å². The third kappa shape index (κ3) is 13.9. The summed E-state index contributed by atoms with van der Waals surface area (Å²) in [6, 6.07) is 39.2. The highest BCUT2D eigenvalue weighted by Crippen LogP contribution is 2.31. The maximum absolute atomic E-state index is 12.7. The van der Waals surface area contributed by atoms with Gasteiger partial charge in [0.15, 0.2) is 0 Å². The highest BCUT2D eigenvalue weighted by Gasteiger charge is 2.15. The van der Waals surface area contributed by atoms with E-state index >= 15 is 0 Å². The summed E-state index contributed by atoms with van der Waals surface area (Å²) in [7, 11) is 8.23. The molecule has 0 radical (unpaired) electrons. The number of fused-ring (bicyclic) bond motifs is 2. The molecule has 8 rings (SSSR count). The van der Waals surface area contributed by atoms with Gasteiger partial charge in [-0.3, -0.25) is 19.6 Å². The number of aromatic nitrogens is 4. The predicted molar refractivity (Wildman–Crippen MR) is 285 cm³/mol. The lowest BCUT2D eigenvalue weighted by molar-refractivity contribution is 0.0765. The molecule has 0 atom stereocenters. The molecule has 8 aromatic rings. The molecule has 4 heterocycles. The maximum atomic E-state index is 12.7. The number of amides is 2. The van der Waals surface area contributed by atoms with E-state index in [9.17, 15) is 9.59 Å². The maximum Gasteiger partial charge on any atom is 0.253 e. The molecule has 0 saturated heterocycles. The Kier molecular flexibility index (Phi) is 18.3. The van der Waals surface area contributed by atoms with Gasteiger partial charge in [-0.25, -0.2) is 9.97 Å². The second-order valence-electron chi connectivity index (χ2n) is 17.0. The highest BCUT2D eigenvalue weighted by atomic mass is 35.5. The van der Waals surface area contributed by atoms with Crippen molar-refractivity contribution in [1.29, 1.82) is 0 Å². The zero-order valence-electron chi connectivity index (χ0n) is 40.9. The molecule has 4 aromatic heterocycles. The van der Waals surface area contributed by atoms with Crippen molar-refractivity contribution in [2.75, 3.05) is 65.4 Å². The first kappa shape index (κ1) is 51.1. The molecular weight excluding hydrogens is 880 g/mol. The summed E-state index contributed by atoms with van der Waals surface area (Å²) in [4.78, 5) is 50.8. The van der Waals surface area contributed by atoms with Crippen molar-refractivity contribution >= 4 is 62.3 Å². The van der Waals surface area contributed by atoms with Crippen molar-refractivity contribution in [3.05, 3.63) is 173 Å². The zero-order chi connectivity index (χ0) is 49.5. The minimum absolute atomic E-state index is 0.0436. The topological polar surface area (TPSA) is 137 Å². The Morgan fingerprint density at radius 1 is 0.551 bits per heavy atom. The van der Waals surface area contributed by atoms with Crippen LogP contribution in [-0.2, 0) is 13.1 Å². The molecule has 356 valence electrons. The van der Waals surface area contributed by atoms with Crippen molar-refractivity contribution in [3.8, 4) is 22.5 Å². The molecule has 0 unspecified atom stereocenters. The van der Waals surface area contributed by atoms with Crippen LogP contribution in [-0.4, -0.2) is 106 Å². The van der Waals surface area contributed by atoms with Crippen LogP contribution < -0.4 is 11.1 Å². The van der Waals surface area contributed by atoms with Crippen LogP contribution in [0.3, 0.4) is 0 Å². The molecule has 2 amide bonds. The quantitative estimate of drug-likeness (QED) is 0.101. The van der Waals surface area contributed by atoms with E-state index in [0.717, 1.165) is 74.5 Å². The third-order valence-corrected chi connectivity index (χ3v) is 11.6. The highest BCUT2D eigenvalue weighted by molar-refractivity contribution is 6.35. The summed E-state index contributed by atoms with van der Waals surface area (Å²) in [5, 5.41) is 5.95. The van der Waals surface area contributed by atoms with Crippen LogP contribution in [0.2, 0.25) is 5.02 Å². The minimum Gasteiger partial charge on any atom is -0.399 e. The van der Waals surface area contributed by atoms with Crippen LogP contribution in [0.1, 0.15) is 59.5 Å². The molecule has 0 aliphatic heterocycles. The van der Waals surface area contributed by atoms with E-state index in [1.54, 1.807) is 23.5 Å². The fraction of sp³-hybridized carbons (Fsp3) is 0.250. The van der Waals surface area contributed by atoms with E-state index in [0.29, 0.717) is 42.3 Å². The van der Waals surface area contributed by atoms with E-state index < -0.39 is 0 Å². The summed E-state index contributed by atoms with van der Waals surface area (Å²) in [5.41, 5.74) is 17.4. The Morgan fingerprint density at radius 2 is 0.971 bits per heavy atom.